The van der Waals surface area contributed by atoms with Crippen LogP contribution in [0.25, 0.3) is 11.4 Å². The Morgan fingerprint density at radius 2 is 1.94 bits per heavy atom. The van der Waals surface area contributed by atoms with E-state index in [1.807, 2.05) is 12.1 Å². The molecule has 0 bridgehead atoms. The number of nitrogens with zero attached hydrogens (tertiary/aromatic N) is 2. The van der Waals surface area contributed by atoms with Gasteiger partial charge in [0.05, 0.1) is 19.8 Å². The molecule has 2 rings (SSSR count). The summed E-state index contributed by atoms with van der Waals surface area (Å²) in [5.74, 6) is 2.32. The molecule has 88 valence electrons. The molecule has 1 aromatic carbocycles. The van der Waals surface area contributed by atoms with Gasteiger partial charge in [-0.05, 0) is 24.3 Å². The third-order valence-electron chi connectivity index (χ3n) is 2.32. The highest BCUT2D eigenvalue weighted by Gasteiger charge is 2.10. The number of hydrogen-bond acceptors (Lipinski definition) is 5. The molecule has 1 heterocycles. The molecule has 5 nitrogen and oxygen atoms in total. The molecule has 1 aromatic heterocycles. The van der Waals surface area contributed by atoms with Crippen molar-refractivity contribution in [3.63, 3.8) is 0 Å². The van der Waals surface area contributed by atoms with Crippen molar-refractivity contribution >= 4 is 5.82 Å². The number of rotatable bonds is 3. The van der Waals surface area contributed by atoms with Gasteiger partial charge >= 0.3 is 0 Å². The molecule has 0 radical (unpaired) electrons. The van der Waals surface area contributed by atoms with Gasteiger partial charge in [0.2, 0.25) is 0 Å². The lowest BCUT2D eigenvalue weighted by Crippen LogP contribution is -1.97. The van der Waals surface area contributed by atoms with Crippen molar-refractivity contribution in [3.05, 3.63) is 30.5 Å². The minimum absolute atomic E-state index is 0.417. The lowest BCUT2D eigenvalue weighted by Gasteiger charge is -2.09. The van der Waals surface area contributed by atoms with Gasteiger partial charge in [-0.1, -0.05) is 0 Å². The first kappa shape index (κ1) is 11.2. The van der Waals surface area contributed by atoms with Gasteiger partial charge in [0.25, 0.3) is 0 Å². The zero-order valence-corrected chi connectivity index (χ0v) is 9.68. The van der Waals surface area contributed by atoms with Crippen LogP contribution >= 0.6 is 0 Å². The average Bonchev–Trinajstić information content (AvgIpc) is 2.38. The summed E-state index contributed by atoms with van der Waals surface area (Å²) in [5, 5.41) is 0. The van der Waals surface area contributed by atoms with Crippen molar-refractivity contribution < 1.29 is 9.47 Å². The van der Waals surface area contributed by atoms with Crippen LogP contribution in [0.2, 0.25) is 0 Å². The number of nitrogens with two attached hydrogens (primary N) is 1. The van der Waals surface area contributed by atoms with Crippen molar-refractivity contribution in [1.82, 2.24) is 9.97 Å². The fourth-order valence-corrected chi connectivity index (χ4v) is 1.49. The SMILES string of the molecule is COc1ccc(OC)c(-c2nccc(N)n2)c1. The minimum atomic E-state index is 0.417. The van der Waals surface area contributed by atoms with E-state index >= 15 is 0 Å². The summed E-state index contributed by atoms with van der Waals surface area (Å²) in [7, 11) is 3.20. The summed E-state index contributed by atoms with van der Waals surface area (Å²) < 4.78 is 10.4. The van der Waals surface area contributed by atoms with Crippen molar-refractivity contribution in [2.75, 3.05) is 20.0 Å². The van der Waals surface area contributed by atoms with Crippen molar-refractivity contribution in [3.8, 4) is 22.9 Å². The summed E-state index contributed by atoms with van der Waals surface area (Å²) in [4.78, 5) is 8.33. The quantitative estimate of drug-likeness (QED) is 0.871. The molecule has 0 unspecified atom stereocenters. The van der Waals surface area contributed by atoms with E-state index in [-0.39, 0.29) is 0 Å². The molecule has 0 saturated carbocycles. The van der Waals surface area contributed by atoms with E-state index in [1.54, 1.807) is 32.5 Å². The second-order valence-electron chi connectivity index (χ2n) is 3.37. The molecule has 0 fully saturated rings. The molecule has 0 aliphatic rings. The standard InChI is InChI=1S/C12H13N3O2/c1-16-8-3-4-10(17-2)9(7-8)12-14-6-5-11(13)15-12/h3-7H,1-2H3,(H2,13,14,15). The number of aromatic nitrogens is 2. The smallest absolute Gasteiger partial charge is 0.165 e. The van der Waals surface area contributed by atoms with Crippen LogP contribution in [0.5, 0.6) is 11.5 Å². The lowest BCUT2D eigenvalue weighted by molar-refractivity contribution is 0.404. The Bertz CT molecular complexity index is 529. The Hall–Kier alpha value is -2.30. The summed E-state index contributed by atoms with van der Waals surface area (Å²) in [6, 6.07) is 7.07. The Labute approximate surface area is 99.2 Å². The van der Waals surface area contributed by atoms with Gasteiger partial charge in [-0.3, -0.25) is 0 Å². The number of nitrogen functional groups attached to an aromatic ring is 1. The highest BCUT2D eigenvalue weighted by molar-refractivity contribution is 5.67. The summed E-state index contributed by atoms with van der Waals surface area (Å²) >= 11 is 0. The second-order valence-corrected chi connectivity index (χ2v) is 3.37. The van der Waals surface area contributed by atoms with Crippen LogP contribution in [0.3, 0.4) is 0 Å². The molecule has 0 aliphatic heterocycles. The Morgan fingerprint density at radius 1 is 1.12 bits per heavy atom. The van der Waals surface area contributed by atoms with E-state index < -0.39 is 0 Å². The lowest BCUT2D eigenvalue weighted by atomic mass is 10.1. The van der Waals surface area contributed by atoms with Crippen LogP contribution in [-0.2, 0) is 0 Å². The van der Waals surface area contributed by atoms with Crippen molar-refractivity contribution in [1.29, 1.82) is 0 Å². The van der Waals surface area contributed by atoms with E-state index in [4.69, 9.17) is 15.2 Å². The molecule has 0 spiro atoms. The predicted molar refractivity (Wildman–Crippen MR) is 65.0 cm³/mol. The fourth-order valence-electron chi connectivity index (χ4n) is 1.49. The summed E-state index contributed by atoms with van der Waals surface area (Å²) in [5.41, 5.74) is 6.38. The van der Waals surface area contributed by atoms with E-state index in [0.717, 1.165) is 5.56 Å². The van der Waals surface area contributed by atoms with E-state index in [1.165, 1.54) is 0 Å². The summed E-state index contributed by atoms with van der Waals surface area (Å²) in [6.45, 7) is 0. The first-order valence-corrected chi connectivity index (χ1v) is 5.05. The zero-order valence-electron chi connectivity index (χ0n) is 9.68. The van der Waals surface area contributed by atoms with E-state index in [9.17, 15) is 0 Å². The zero-order chi connectivity index (χ0) is 12.3. The number of ether oxygens (including phenoxy) is 2. The van der Waals surface area contributed by atoms with Crippen LogP contribution in [0.15, 0.2) is 30.5 Å². The normalized spacial score (nSPS) is 10.0. The van der Waals surface area contributed by atoms with Crippen LogP contribution in [0, 0.1) is 0 Å². The molecule has 2 aromatic rings. The number of hydrogen-bond donors (Lipinski definition) is 1. The molecule has 0 saturated heterocycles. The maximum Gasteiger partial charge on any atom is 0.165 e. The molecule has 0 amide bonds. The van der Waals surface area contributed by atoms with Gasteiger partial charge in [0.1, 0.15) is 17.3 Å². The molecular formula is C12H13N3O2. The third-order valence-corrected chi connectivity index (χ3v) is 2.32. The third kappa shape index (κ3) is 2.28. The second kappa shape index (κ2) is 4.69. The Morgan fingerprint density at radius 3 is 2.59 bits per heavy atom. The number of anilines is 1. The maximum absolute atomic E-state index is 5.63. The molecule has 2 N–H and O–H groups in total. The average molecular weight is 231 g/mol. The van der Waals surface area contributed by atoms with Crippen LogP contribution < -0.4 is 15.2 Å². The summed E-state index contributed by atoms with van der Waals surface area (Å²) in [6.07, 6.45) is 1.61. The van der Waals surface area contributed by atoms with Gasteiger partial charge in [-0.15, -0.1) is 0 Å². The first-order valence-electron chi connectivity index (χ1n) is 5.05. The van der Waals surface area contributed by atoms with Crippen LogP contribution in [0.4, 0.5) is 5.82 Å². The molecule has 0 aliphatic carbocycles. The van der Waals surface area contributed by atoms with Crippen molar-refractivity contribution in [2.45, 2.75) is 0 Å². The predicted octanol–water partition coefficient (Wildman–Crippen LogP) is 1.74. The van der Waals surface area contributed by atoms with Gasteiger partial charge in [-0.25, -0.2) is 9.97 Å². The van der Waals surface area contributed by atoms with E-state index in [2.05, 4.69) is 9.97 Å². The highest BCUT2D eigenvalue weighted by Crippen LogP contribution is 2.31. The van der Waals surface area contributed by atoms with Gasteiger partial charge in [0.15, 0.2) is 5.82 Å². The van der Waals surface area contributed by atoms with Crippen LogP contribution in [0.1, 0.15) is 0 Å². The van der Waals surface area contributed by atoms with Crippen LogP contribution in [-0.4, -0.2) is 24.2 Å². The molecule has 0 atom stereocenters. The Balaban J connectivity index is 2.56. The van der Waals surface area contributed by atoms with Crippen molar-refractivity contribution in [2.24, 2.45) is 0 Å². The van der Waals surface area contributed by atoms with Gasteiger partial charge < -0.3 is 15.2 Å². The Kier molecular flexibility index (Phi) is 3.09. The number of methoxy groups -OCH3 is 2. The number of benzene rings is 1. The topological polar surface area (TPSA) is 70.3 Å². The molecular weight excluding hydrogens is 218 g/mol. The maximum atomic E-state index is 5.63. The van der Waals surface area contributed by atoms with Gasteiger partial charge in [-0.2, -0.15) is 0 Å². The monoisotopic (exact) mass is 231 g/mol. The highest BCUT2D eigenvalue weighted by atomic mass is 16.5. The van der Waals surface area contributed by atoms with E-state index in [0.29, 0.717) is 23.1 Å². The molecule has 17 heavy (non-hydrogen) atoms. The largest absolute Gasteiger partial charge is 0.497 e. The van der Waals surface area contributed by atoms with Gasteiger partial charge in [0, 0.05) is 6.20 Å². The fraction of sp³-hybridized carbons (Fsp3) is 0.167. The molecule has 5 heteroatoms. The minimum Gasteiger partial charge on any atom is -0.497 e. The first-order chi connectivity index (χ1) is 8.24.